The molecule has 0 spiro atoms. The Balaban J connectivity index is 1.10. The van der Waals surface area contributed by atoms with E-state index in [2.05, 4.69) is 228 Å². The molecule has 0 aliphatic carbocycles. The van der Waals surface area contributed by atoms with Crippen molar-refractivity contribution in [2.45, 2.75) is 0 Å². The second kappa shape index (κ2) is 13.2. The van der Waals surface area contributed by atoms with Gasteiger partial charge in [0.1, 0.15) is 0 Å². The normalized spacial score (nSPS) is 12.1. The van der Waals surface area contributed by atoms with E-state index in [0.29, 0.717) is 14.5 Å². The fourth-order valence-corrected chi connectivity index (χ4v) is 17.0. The first kappa shape index (κ1) is 33.5. The molecule has 0 aliphatic rings. The molecular weight excluding hydrogens is 784 g/mol. The molecule has 0 saturated carbocycles. The monoisotopic (exact) mass is 820 g/mol. The van der Waals surface area contributed by atoms with Gasteiger partial charge in [0.05, 0.1) is 0 Å². The van der Waals surface area contributed by atoms with Crippen LogP contribution in [-0.2, 0) is 0 Å². The average molecular weight is 820 g/mol. The zero-order valence-electron chi connectivity index (χ0n) is 31.6. The summed E-state index contributed by atoms with van der Waals surface area (Å²) in [6, 6.07) is 81.7. The average Bonchev–Trinajstić information content (AvgIpc) is 3.95. The zero-order valence-corrected chi connectivity index (χ0v) is 34.3. The number of nitrogens with zero attached hydrogens (tertiary/aromatic N) is 2. The Morgan fingerprint density at radius 2 is 0.793 bits per heavy atom. The summed E-state index contributed by atoms with van der Waals surface area (Å²) in [5.74, 6) is 0. The van der Waals surface area contributed by atoms with Gasteiger partial charge in [-0.2, -0.15) is 0 Å². The van der Waals surface area contributed by atoms with Gasteiger partial charge in [0, 0.05) is 0 Å². The molecule has 3 aromatic heterocycles. The molecule has 0 fully saturated rings. The summed E-state index contributed by atoms with van der Waals surface area (Å²) in [4.78, 5) is 0. The van der Waals surface area contributed by atoms with Gasteiger partial charge in [0.25, 0.3) is 0 Å². The number of hydrogen-bond donors (Lipinski definition) is 0. The quantitative estimate of drug-likeness (QED) is 0.117. The Bertz CT molecular complexity index is 3410. The van der Waals surface area contributed by atoms with Gasteiger partial charge >= 0.3 is 213 Å². The molecule has 0 bridgehead atoms. The standard InChI is InChI=1S/C54H36N2SeSi/c1-4-18-39(19-5-1)58(40-20-6-2-7-21-40,41-22-8-3-9-23-41)42-24-16-17-37(35-42)55-47-28-13-10-25-43(47)46-36-38(31-32-49(46)55)56-48-29-14-11-26-44(48)53-50(56)33-34-52-54(53)45-27-12-15-30-51(45)57-52/h1-36H. The van der Waals surface area contributed by atoms with E-state index in [4.69, 9.17) is 0 Å². The van der Waals surface area contributed by atoms with Gasteiger partial charge in [0.15, 0.2) is 8.07 Å². The maximum atomic E-state index is 2.49. The molecule has 12 rings (SSSR count). The summed E-state index contributed by atoms with van der Waals surface area (Å²) in [5, 5.41) is 13.5. The van der Waals surface area contributed by atoms with Gasteiger partial charge in [-0.25, -0.2) is 0 Å². The van der Waals surface area contributed by atoms with Crippen LogP contribution in [0.1, 0.15) is 0 Å². The van der Waals surface area contributed by atoms with Crippen LogP contribution < -0.4 is 20.7 Å². The van der Waals surface area contributed by atoms with Crippen LogP contribution >= 0.6 is 0 Å². The second-order valence-corrected chi connectivity index (χ2v) is 21.3. The van der Waals surface area contributed by atoms with Crippen molar-refractivity contribution < 1.29 is 0 Å². The van der Waals surface area contributed by atoms with Crippen LogP contribution in [0, 0.1) is 0 Å². The SMILES string of the molecule is c1ccc([Si](c2ccccc2)(c2ccccc2)c2cccc(-n3c4ccccc4c4cc(-n5c6ccccc6c6c7c(ccc65)[se]c5ccccc57)ccc43)c2)cc1. The van der Waals surface area contributed by atoms with Crippen molar-refractivity contribution in [3.63, 3.8) is 0 Å². The van der Waals surface area contributed by atoms with Gasteiger partial charge in [-0.05, 0) is 20.7 Å². The van der Waals surface area contributed by atoms with Gasteiger partial charge in [0.2, 0.25) is 0 Å². The molecule has 2 nitrogen and oxygen atoms in total. The minimum absolute atomic E-state index is 0.312. The predicted octanol–water partition coefficient (Wildman–Crippen LogP) is 10.6. The topological polar surface area (TPSA) is 9.86 Å². The number of fused-ring (bicyclic) bond motifs is 10. The Hall–Kier alpha value is -6.68. The summed E-state index contributed by atoms with van der Waals surface area (Å²) < 4.78 is 7.92. The van der Waals surface area contributed by atoms with E-state index in [-0.39, 0.29) is 0 Å². The molecule has 9 aromatic carbocycles. The van der Waals surface area contributed by atoms with Crippen LogP contribution in [0.5, 0.6) is 0 Å². The van der Waals surface area contributed by atoms with E-state index < -0.39 is 8.07 Å². The zero-order chi connectivity index (χ0) is 38.2. The Labute approximate surface area is 343 Å². The van der Waals surface area contributed by atoms with Crippen LogP contribution in [0.2, 0.25) is 0 Å². The van der Waals surface area contributed by atoms with Crippen molar-refractivity contribution in [3.05, 3.63) is 218 Å². The fourth-order valence-electron chi connectivity index (χ4n) is 9.87. The van der Waals surface area contributed by atoms with E-state index in [1.165, 1.54) is 95.0 Å². The molecule has 0 atom stereocenters. The van der Waals surface area contributed by atoms with Crippen molar-refractivity contribution in [2.75, 3.05) is 0 Å². The number of para-hydroxylation sites is 2. The third-order valence-electron chi connectivity index (χ3n) is 12.2. The third kappa shape index (κ3) is 4.83. The third-order valence-corrected chi connectivity index (χ3v) is 19.4. The molecular formula is C54H36N2SeSi. The van der Waals surface area contributed by atoms with Crippen LogP contribution in [0.4, 0.5) is 0 Å². The molecule has 58 heavy (non-hydrogen) atoms. The Morgan fingerprint density at radius 3 is 1.48 bits per heavy atom. The molecule has 0 aliphatic heterocycles. The van der Waals surface area contributed by atoms with Gasteiger partial charge in [-0.1, -0.05) is 103 Å². The molecule has 0 saturated heterocycles. The number of hydrogen-bond acceptors (Lipinski definition) is 0. The van der Waals surface area contributed by atoms with E-state index in [1.54, 1.807) is 0 Å². The minimum atomic E-state index is -2.72. The van der Waals surface area contributed by atoms with Crippen molar-refractivity contribution in [3.8, 4) is 11.4 Å². The number of benzene rings is 9. The van der Waals surface area contributed by atoms with E-state index in [0.717, 1.165) is 0 Å². The molecule has 12 aromatic rings. The van der Waals surface area contributed by atoms with E-state index in [9.17, 15) is 0 Å². The van der Waals surface area contributed by atoms with Crippen molar-refractivity contribution in [1.82, 2.24) is 9.13 Å². The van der Waals surface area contributed by atoms with E-state index in [1.807, 2.05) is 0 Å². The molecule has 0 amide bonds. The summed E-state index contributed by atoms with van der Waals surface area (Å²) >= 11 is 0.312. The predicted molar refractivity (Wildman–Crippen MR) is 251 cm³/mol. The molecule has 3 heterocycles. The van der Waals surface area contributed by atoms with Crippen LogP contribution in [0.15, 0.2) is 218 Å². The second-order valence-electron chi connectivity index (χ2n) is 15.2. The molecule has 0 radical (unpaired) electrons. The summed E-state index contributed by atoms with van der Waals surface area (Å²) in [5.41, 5.74) is 7.25. The van der Waals surface area contributed by atoms with Gasteiger partial charge < -0.3 is 0 Å². The fraction of sp³-hybridized carbons (Fsp3) is 0. The number of rotatable bonds is 6. The summed E-state index contributed by atoms with van der Waals surface area (Å²) in [6.07, 6.45) is 0. The van der Waals surface area contributed by atoms with Crippen molar-refractivity contribution in [1.29, 1.82) is 0 Å². The van der Waals surface area contributed by atoms with Crippen molar-refractivity contribution >= 4 is 106 Å². The Morgan fingerprint density at radius 1 is 0.293 bits per heavy atom. The maximum absolute atomic E-state index is 2.72. The van der Waals surface area contributed by atoms with E-state index >= 15 is 0 Å². The first-order valence-corrected chi connectivity index (χ1v) is 23.6. The smallest absolute Gasteiger partial charge is 0.0623 e. The first-order chi connectivity index (χ1) is 28.8. The van der Waals surface area contributed by atoms with Crippen LogP contribution in [-0.4, -0.2) is 31.7 Å². The van der Waals surface area contributed by atoms with Crippen LogP contribution in [0.25, 0.3) is 74.3 Å². The van der Waals surface area contributed by atoms with Gasteiger partial charge in [-0.15, -0.1) is 0 Å². The van der Waals surface area contributed by atoms with Gasteiger partial charge in [-0.3, -0.25) is 0 Å². The molecule has 4 heteroatoms. The Kier molecular flexibility index (Phi) is 7.61. The first-order valence-electron chi connectivity index (χ1n) is 19.9. The summed E-state index contributed by atoms with van der Waals surface area (Å²) in [6.45, 7) is 0. The number of aromatic nitrogens is 2. The molecule has 0 unspecified atom stereocenters. The van der Waals surface area contributed by atoms with Crippen molar-refractivity contribution in [2.24, 2.45) is 0 Å². The molecule has 0 N–H and O–H groups in total. The summed E-state index contributed by atoms with van der Waals surface area (Å²) in [7, 11) is -2.72. The minimum Gasteiger partial charge on any atom is -0.0623 e. The molecule has 272 valence electrons. The van der Waals surface area contributed by atoms with Crippen LogP contribution in [0.3, 0.4) is 0 Å².